The molecular formula is C8H8BrN3O. The molecule has 1 amide bonds. The third kappa shape index (κ3) is 2.87. The van der Waals surface area contributed by atoms with Crippen molar-refractivity contribution in [2.24, 2.45) is 16.5 Å². The van der Waals surface area contributed by atoms with Gasteiger partial charge in [-0.15, -0.1) is 0 Å². The quantitative estimate of drug-likeness (QED) is 0.566. The minimum atomic E-state index is -0.443. The number of carbonyl (C=O) groups excluding carboxylic acids is 1. The average Bonchev–Trinajstić information content (AvgIpc) is 2.03. The molecule has 0 heterocycles. The molecule has 5 heteroatoms. The van der Waals surface area contributed by atoms with Crippen LogP contribution in [-0.4, -0.2) is 11.9 Å². The molecule has 0 aromatic heterocycles. The van der Waals surface area contributed by atoms with Gasteiger partial charge in [-0.05, 0) is 18.2 Å². The van der Waals surface area contributed by atoms with E-state index in [0.717, 1.165) is 4.47 Å². The maximum Gasteiger partial charge on any atom is 0.280 e. The molecule has 0 spiro atoms. The Balaban J connectivity index is 2.96. The van der Waals surface area contributed by atoms with Gasteiger partial charge in [-0.1, -0.05) is 22.0 Å². The number of amides is 1. The Morgan fingerprint density at radius 1 is 1.38 bits per heavy atom. The van der Waals surface area contributed by atoms with Crippen LogP contribution >= 0.6 is 15.9 Å². The topological polar surface area (TPSA) is 81.5 Å². The molecule has 0 aliphatic carbocycles. The van der Waals surface area contributed by atoms with Crippen LogP contribution in [0.25, 0.3) is 0 Å². The number of carbonyl (C=O) groups is 1. The summed E-state index contributed by atoms with van der Waals surface area (Å²) in [5, 5.41) is 0. The van der Waals surface area contributed by atoms with E-state index < -0.39 is 5.91 Å². The van der Waals surface area contributed by atoms with Gasteiger partial charge in [-0.25, -0.2) is 0 Å². The maximum atomic E-state index is 11.2. The summed E-state index contributed by atoms with van der Waals surface area (Å²) in [6.07, 6.45) is 0. The number of nitrogens with zero attached hydrogens (tertiary/aromatic N) is 1. The van der Waals surface area contributed by atoms with Gasteiger partial charge in [-0.3, -0.25) is 4.79 Å². The molecule has 1 aromatic rings. The number of guanidine groups is 1. The zero-order chi connectivity index (χ0) is 9.84. The summed E-state index contributed by atoms with van der Waals surface area (Å²) in [7, 11) is 0. The fraction of sp³-hybridized carbons (Fsp3) is 0. The fourth-order valence-corrected chi connectivity index (χ4v) is 1.20. The summed E-state index contributed by atoms with van der Waals surface area (Å²) >= 11 is 3.23. The standard InChI is InChI=1S/C8H8BrN3O/c9-6-3-1-2-5(4-6)7(13)12-8(10)11/h1-4H,(H4,10,11,12,13). The third-order valence-electron chi connectivity index (χ3n) is 1.30. The van der Waals surface area contributed by atoms with Crippen LogP contribution in [0.3, 0.4) is 0 Å². The van der Waals surface area contributed by atoms with Gasteiger partial charge < -0.3 is 11.5 Å². The summed E-state index contributed by atoms with van der Waals surface area (Å²) in [6.45, 7) is 0. The highest BCUT2D eigenvalue weighted by atomic mass is 79.9. The lowest BCUT2D eigenvalue weighted by Gasteiger charge is -1.96. The molecule has 68 valence electrons. The number of hydrogen-bond donors (Lipinski definition) is 2. The second-order valence-corrected chi connectivity index (χ2v) is 3.27. The van der Waals surface area contributed by atoms with Gasteiger partial charge >= 0.3 is 0 Å². The van der Waals surface area contributed by atoms with Crippen molar-refractivity contribution in [1.29, 1.82) is 0 Å². The highest BCUT2D eigenvalue weighted by Gasteiger charge is 2.03. The van der Waals surface area contributed by atoms with E-state index in [1.54, 1.807) is 18.2 Å². The lowest BCUT2D eigenvalue weighted by Crippen LogP contribution is -2.24. The Kier molecular flexibility index (Phi) is 3.02. The SMILES string of the molecule is NC(N)=NC(=O)c1cccc(Br)c1. The largest absolute Gasteiger partial charge is 0.370 e. The minimum Gasteiger partial charge on any atom is -0.370 e. The second kappa shape index (κ2) is 4.04. The molecule has 4 nitrogen and oxygen atoms in total. The van der Waals surface area contributed by atoms with Crippen molar-refractivity contribution in [2.75, 3.05) is 0 Å². The monoisotopic (exact) mass is 241 g/mol. The summed E-state index contributed by atoms with van der Waals surface area (Å²) < 4.78 is 0.809. The number of benzene rings is 1. The smallest absolute Gasteiger partial charge is 0.280 e. The molecule has 0 aliphatic rings. The number of aliphatic imine (C=N–C) groups is 1. The molecule has 0 fully saturated rings. The van der Waals surface area contributed by atoms with Gasteiger partial charge in [0.25, 0.3) is 5.91 Å². The first-order valence-electron chi connectivity index (χ1n) is 3.49. The van der Waals surface area contributed by atoms with Gasteiger partial charge in [0.05, 0.1) is 0 Å². The molecule has 0 radical (unpaired) electrons. The van der Waals surface area contributed by atoms with E-state index in [0.29, 0.717) is 5.56 Å². The zero-order valence-corrected chi connectivity index (χ0v) is 8.28. The van der Waals surface area contributed by atoms with Crippen LogP contribution in [0.2, 0.25) is 0 Å². The number of nitrogens with two attached hydrogens (primary N) is 2. The van der Waals surface area contributed by atoms with Crippen LogP contribution in [0.4, 0.5) is 0 Å². The van der Waals surface area contributed by atoms with Crippen LogP contribution in [0.15, 0.2) is 33.7 Å². The number of hydrogen-bond acceptors (Lipinski definition) is 1. The number of halogens is 1. The van der Waals surface area contributed by atoms with Crippen molar-refractivity contribution >= 4 is 27.8 Å². The van der Waals surface area contributed by atoms with E-state index in [1.165, 1.54) is 0 Å². The van der Waals surface area contributed by atoms with Crippen molar-refractivity contribution in [3.63, 3.8) is 0 Å². The van der Waals surface area contributed by atoms with Gasteiger partial charge in [0.1, 0.15) is 0 Å². The number of rotatable bonds is 1. The molecule has 0 unspecified atom stereocenters. The third-order valence-corrected chi connectivity index (χ3v) is 1.80. The van der Waals surface area contributed by atoms with Crippen molar-refractivity contribution in [2.45, 2.75) is 0 Å². The van der Waals surface area contributed by atoms with E-state index >= 15 is 0 Å². The predicted molar refractivity (Wildman–Crippen MR) is 54.3 cm³/mol. The van der Waals surface area contributed by atoms with Gasteiger partial charge in [-0.2, -0.15) is 4.99 Å². The minimum absolute atomic E-state index is 0.232. The summed E-state index contributed by atoms with van der Waals surface area (Å²) in [5.41, 5.74) is 10.6. The molecule has 1 aromatic carbocycles. The first kappa shape index (κ1) is 9.73. The van der Waals surface area contributed by atoms with E-state index in [-0.39, 0.29) is 5.96 Å². The molecule has 13 heavy (non-hydrogen) atoms. The molecule has 0 aliphatic heterocycles. The Morgan fingerprint density at radius 2 is 2.08 bits per heavy atom. The van der Waals surface area contributed by atoms with E-state index in [2.05, 4.69) is 20.9 Å². The molecule has 0 atom stereocenters. The summed E-state index contributed by atoms with van der Waals surface area (Å²) in [6, 6.07) is 6.83. The van der Waals surface area contributed by atoms with Crippen molar-refractivity contribution < 1.29 is 4.79 Å². The lowest BCUT2D eigenvalue weighted by atomic mass is 10.2. The second-order valence-electron chi connectivity index (χ2n) is 2.35. The Bertz CT molecular complexity index is 358. The van der Waals surface area contributed by atoms with E-state index in [9.17, 15) is 4.79 Å². The first-order valence-corrected chi connectivity index (χ1v) is 4.28. The van der Waals surface area contributed by atoms with Crippen LogP contribution in [-0.2, 0) is 0 Å². The Labute approximate surface area is 83.8 Å². The van der Waals surface area contributed by atoms with Gasteiger partial charge in [0.15, 0.2) is 5.96 Å². The van der Waals surface area contributed by atoms with Crippen LogP contribution in [0, 0.1) is 0 Å². The Morgan fingerprint density at radius 3 is 2.62 bits per heavy atom. The van der Waals surface area contributed by atoms with E-state index in [4.69, 9.17) is 11.5 Å². The van der Waals surface area contributed by atoms with Crippen molar-refractivity contribution in [3.8, 4) is 0 Å². The zero-order valence-electron chi connectivity index (χ0n) is 6.70. The first-order chi connectivity index (χ1) is 6.09. The Hall–Kier alpha value is -1.36. The van der Waals surface area contributed by atoms with Crippen LogP contribution in [0.5, 0.6) is 0 Å². The molecule has 0 saturated carbocycles. The van der Waals surface area contributed by atoms with Gasteiger partial charge in [0.2, 0.25) is 0 Å². The molecule has 1 rings (SSSR count). The molecular weight excluding hydrogens is 234 g/mol. The molecule has 0 bridgehead atoms. The molecule has 4 N–H and O–H groups in total. The normalized spacial score (nSPS) is 9.31. The van der Waals surface area contributed by atoms with Crippen molar-refractivity contribution in [1.82, 2.24) is 0 Å². The predicted octanol–water partition coefficient (Wildman–Crippen LogP) is 0.863. The van der Waals surface area contributed by atoms with E-state index in [1.807, 2.05) is 6.07 Å². The summed E-state index contributed by atoms with van der Waals surface area (Å²) in [5.74, 6) is -0.675. The van der Waals surface area contributed by atoms with Crippen molar-refractivity contribution in [3.05, 3.63) is 34.3 Å². The molecule has 0 saturated heterocycles. The highest BCUT2D eigenvalue weighted by molar-refractivity contribution is 9.10. The van der Waals surface area contributed by atoms with Gasteiger partial charge in [0, 0.05) is 10.0 Å². The average molecular weight is 242 g/mol. The fourth-order valence-electron chi connectivity index (χ4n) is 0.803. The maximum absolute atomic E-state index is 11.2. The summed E-state index contributed by atoms with van der Waals surface area (Å²) in [4.78, 5) is 14.6. The highest BCUT2D eigenvalue weighted by Crippen LogP contribution is 2.12. The van der Waals surface area contributed by atoms with Crippen LogP contribution < -0.4 is 11.5 Å². The lowest BCUT2D eigenvalue weighted by molar-refractivity contribution is 0.100. The van der Waals surface area contributed by atoms with Crippen LogP contribution in [0.1, 0.15) is 10.4 Å².